The van der Waals surface area contributed by atoms with Gasteiger partial charge in [-0.15, -0.1) is 0 Å². The zero-order chi connectivity index (χ0) is 19.4. The second-order valence-electron chi connectivity index (χ2n) is 5.47. The fourth-order valence-electron chi connectivity index (χ4n) is 2.55. The highest BCUT2D eigenvalue weighted by Gasteiger charge is 2.52. The topological polar surface area (TPSA) is 173 Å². The zero-order valence-corrected chi connectivity index (χ0v) is 14.3. The highest BCUT2D eigenvalue weighted by atomic mass is 16.6. The number of carbonyl (C=O) groups is 4. The highest BCUT2D eigenvalue weighted by Crippen LogP contribution is 2.37. The van der Waals surface area contributed by atoms with Crippen molar-refractivity contribution in [3.8, 4) is 0 Å². The maximum absolute atomic E-state index is 11.5. The minimum absolute atomic E-state index is 0.0220. The Morgan fingerprint density at radius 2 is 1.65 bits per heavy atom. The van der Waals surface area contributed by atoms with Crippen molar-refractivity contribution in [2.45, 2.75) is 45.2 Å². The minimum atomic E-state index is -1.15. The standard InChI is InChI=1S/C14H18N4O8/c1-5(19)23-4-8-11(24-6(2)20)13(25-7(3)21)12(26-8)9-10(14(15)22)17-18-16-9/h8,11-13H,4H2,1-3H3,(H2,15,22)(H,16,17,18)/t8-,11-,12+,13-/m1/s1. The quantitative estimate of drug-likeness (QED) is 0.456. The van der Waals surface area contributed by atoms with Gasteiger partial charge in [0.15, 0.2) is 17.9 Å². The number of H-pyrrole nitrogens is 1. The molecular weight excluding hydrogens is 352 g/mol. The van der Waals surface area contributed by atoms with Crippen LogP contribution in [-0.2, 0) is 33.3 Å². The summed E-state index contributed by atoms with van der Waals surface area (Å²) in [5.74, 6) is -2.81. The molecule has 0 unspecified atom stereocenters. The lowest BCUT2D eigenvalue weighted by Gasteiger charge is -2.22. The smallest absolute Gasteiger partial charge is 0.303 e. The van der Waals surface area contributed by atoms with Crippen molar-refractivity contribution < 1.29 is 38.1 Å². The lowest BCUT2D eigenvalue weighted by molar-refractivity contribution is -0.165. The van der Waals surface area contributed by atoms with Gasteiger partial charge in [-0.3, -0.25) is 19.2 Å². The molecule has 1 aromatic heterocycles. The van der Waals surface area contributed by atoms with Crippen molar-refractivity contribution in [3.05, 3.63) is 11.4 Å². The van der Waals surface area contributed by atoms with E-state index in [2.05, 4.69) is 15.4 Å². The molecule has 1 aliphatic rings. The molecule has 26 heavy (non-hydrogen) atoms. The Morgan fingerprint density at radius 3 is 2.19 bits per heavy atom. The van der Waals surface area contributed by atoms with E-state index >= 15 is 0 Å². The van der Waals surface area contributed by atoms with Crippen molar-refractivity contribution >= 4 is 23.8 Å². The second kappa shape index (κ2) is 7.91. The molecule has 4 atom stereocenters. The van der Waals surface area contributed by atoms with E-state index in [1.165, 1.54) is 6.92 Å². The number of aromatic nitrogens is 3. The molecule has 1 fully saturated rings. The first-order valence-corrected chi connectivity index (χ1v) is 7.54. The lowest BCUT2D eigenvalue weighted by atomic mass is 10.0. The van der Waals surface area contributed by atoms with Crippen molar-refractivity contribution in [1.82, 2.24) is 15.4 Å². The monoisotopic (exact) mass is 370 g/mol. The Balaban J connectivity index is 2.39. The second-order valence-corrected chi connectivity index (χ2v) is 5.47. The van der Waals surface area contributed by atoms with E-state index in [9.17, 15) is 19.2 Å². The molecule has 0 radical (unpaired) electrons. The van der Waals surface area contributed by atoms with Gasteiger partial charge in [-0.25, -0.2) is 0 Å². The summed E-state index contributed by atoms with van der Waals surface area (Å²) in [6, 6.07) is 0. The van der Waals surface area contributed by atoms with E-state index in [-0.39, 0.29) is 18.0 Å². The number of nitrogens with zero attached hydrogens (tertiary/aromatic N) is 2. The number of primary amides is 1. The third-order valence-electron chi connectivity index (χ3n) is 3.44. The predicted molar refractivity (Wildman–Crippen MR) is 80.3 cm³/mol. The van der Waals surface area contributed by atoms with Crippen molar-refractivity contribution in [3.63, 3.8) is 0 Å². The van der Waals surface area contributed by atoms with Gasteiger partial charge in [0.25, 0.3) is 5.91 Å². The van der Waals surface area contributed by atoms with Crippen LogP contribution in [0.5, 0.6) is 0 Å². The molecule has 12 nitrogen and oxygen atoms in total. The van der Waals surface area contributed by atoms with Crippen LogP contribution in [0.25, 0.3) is 0 Å². The van der Waals surface area contributed by atoms with Crippen LogP contribution in [0.1, 0.15) is 43.1 Å². The van der Waals surface area contributed by atoms with Gasteiger partial charge in [0.2, 0.25) is 0 Å². The van der Waals surface area contributed by atoms with Crippen LogP contribution in [0, 0.1) is 0 Å². The SMILES string of the molecule is CC(=O)OC[C@H]1O[C@@H](c2n[nH]nc2C(N)=O)[C@H](OC(C)=O)[C@@H]1OC(C)=O. The molecule has 0 spiro atoms. The van der Waals surface area contributed by atoms with Crippen LogP contribution in [0.15, 0.2) is 0 Å². The van der Waals surface area contributed by atoms with Crippen LogP contribution in [-0.4, -0.2) is 64.1 Å². The molecule has 3 N–H and O–H groups in total. The van der Waals surface area contributed by atoms with Crippen LogP contribution in [0.2, 0.25) is 0 Å². The fourth-order valence-corrected chi connectivity index (χ4v) is 2.55. The Hall–Kier alpha value is -3.02. The number of aromatic amines is 1. The molecular formula is C14H18N4O8. The van der Waals surface area contributed by atoms with Gasteiger partial charge in [-0.05, 0) is 0 Å². The van der Waals surface area contributed by atoms with Crippen LogP contribution < -0.4 is 5.73 Å². The van der Waals surface area contributed by atoms with E-state index in [4.69, 9.17) is 24.7 Å². The maximum atomic E-state index is 11.5. The summed E-state index contributed by atoms with van der Waals surface area (Å²) in [5.41, 5.74) is 5.00. The van der Waals surface area contributed by atoms with Gasteiger partial charge in [0.05, 0.1) is 0 Å². The molecule has 1 aliphatic heterocycles. The van der Waals surface area contributed by atoms with Crippen molar-refractivity contribution in [1.29, 1.82) is 0 Å². The average Bonchev–Trinajstić information content (AvgIpc) is 3.10. The third kappa shape index (κ3) is 4.33. The first kappa shape index (κ1) is 19.3. The molecule has 0 saturated carbocycles. The average molecular weight is 370 g/mol. The number of amides is 1. The Morgan fingerprint density at radius 1 is 1.04 bits per heavy atom. The fraction of sp³-hybridized carbons (Fsp3) is 0.571. The summed E-state index contributed by atoms with van der Waals surface area (Å²) in [4.78, 5) is 45.5. The third-order valence-corrected chi connectivity index (χ3v) is 3.44. The number of hydrogen-bond acceptors (Lipinski definition) is 10. The number of nitrogens with two attached hydrogens (primary N) is 1. The van der Waals surface area contributed by atoms with Crippen LogP contribution in [0.3, 0.4) is 0 Å². The Kier molecular flexibility index (Phi) is 5.87. The van der Waals surface area contributed by atoms with Gasteiger partial charge in [-0.1, -0.05) is 0 Å². The number of esters is 3. The molecule has 2 rings (SSSR count). The molecule has 142 valence electrons. The van der Waals surface area contributed by atoms with E-state index in [0.717, 1.165) is 13.8 Å². The summed E-state index contributed by atoms with van der Waals surface area (Å²) >= 11 is 0. The first-order valence-electron chi connectivity index (χ1n) is 7.54. The van der Waals surface area contributed by atoms with Gasteiger partial charge in [0.1, 0.15) is 24.5 Å². The Bertz CT molecular complexity index is 718. The summed E-state index contributed by atoms with van der Waals surface area (Å²) in [6.45, 7) is 3.23. The molecule has 1 amide bonds. The van der Waals surface area contributed by atoms with E-state index < -0.39 is 48.2 Å². The first-order chi connectivity index (χ1) is 12.2. The summed E-state index contributed by atoms with van der Waals surface area (Å²) in [7, 11) is 0. The number of ether oxygens (including phenoxy) is 4. The summed E-state index contributed by atoms with van der Waals surface area (Å²) in [6.07, 6.45) is -4.34. The molecule has 1 saturated heterocycles. The van der Waals surface area contributed by atoms with Gasteiger partial charge in [0, 0.05) is 20.8 Å². The maximum Gasteiger partial charge on any atom is 0.303 e. The zero-order valence-electron chi connectivity index (χ0n) is 14.3. The minimum Gasteiger partial charge on any atom is -0.463 e. The van der Waals surface area contributed by atoms with Crippen LogP contribution >= 0.6 is 0 Å². The molecule has 1 aromatic rings. The molecule has 0 aliphatic carbocycles. The van der Waals surface area contributed by atoms with Gasteiger partial charge < -0.3 is 24.7 Å². The molecule has 0 bridgehead atoms. The largest absolute Gasteiger partial charge is 0.463 e. The van der Waals surface area contributed by atoms with Crippen LogP contribution in [0.4, 0.5) is 0 Å². The molecule has 0 aromatic carbocycles. The lowest BCUT2D eigenvalue weighted by Crippen LogP contribution is -2.40. The van der Waals surface area contributed by atoms with Crippen molar-refractivity contribution in [2.24, 2.45) is 5.73 Å². The van der Waals surface area contributed by atoms with E-state index in [0.29, 0.717) is 0 Å². The molecule has 12 heteroatoms. The van der Waals surface area contributed by atoms with Gasteiger partial charge >= 0.3 is 17.9 Å². The predicted octanol–water partition coefficient (Wildman–Crippen LogP) is -1.23. The Labute approximate surface area is 147 Å². The van der Waals surface area contributed by atoms with Crippen molar-refractivity contribution in [2.75, 3.05) is 6.61 Å². The summed E-state index contributed by atoms with van der Waals surface area (Å²) in [5, 5.41) is 9.69. The number of nitrogens with one attached hydrogen (secondary N) is 1. The molecule has 2 heterocycles. The number of hydrogen-bond donors (Lipinski definition) is 2. The van der Waals surface area contributed by atoms with E-state index in [1.54, 1.807) is 0 Å². The van der Waals surface area contributed by atoms with Gasteiger partial charge in [-0.2, -0.15) is 15.4 Å². The van der Waals surface area contributed by atoms with E-state index in [1.807, 2.05) is 0 Å². The number of rotatable bonds is 6. The normalized spacial score (nSPS) is 24.7. The summed E-state index contributed by atoms with van der Waals surface area (Å²) < 4.78 is 21.0. The number of carbonyl (C=O) groups excluding carboxylic acids is 4. The highest BCUT2D eigenvalue weighted by molar-refractivity contribution is 5.91.